The van der Waals surface area contributed by atoms with Gasteiger partial charge in [-0.2, -0.15) is 0 Å². The molecular formula is C14H15NO3. The molecule has 0 aliphatic heterocycles. The molecular weight excluding hydrogens is 230 g/mol. The molecule has 1 aromatic heterocycles. The fourth-order valence-electron chi connectivity index (χ4n) is 1.86. The highest BCUT2D eigenvalue weighted by Gasteiger charge is 2.16. The molecule has 4 nitrogen and oxygen atoms in total. The van der Waals surface area contributed by atoms with Gasteiger partial charge in [0.1, 0.15) is 11.4 Å². The number of hydrogen-bond donors (Lipinski definition) is 0. The highest BCUT2D eigenvalue weighted by molar-refractivity contribution is 5.97. The molecule has 0 aliphatic carbocycles. The van der Waals surface area contributed by atoms with Gasteiger partial charge in [-0.25, -0.2) is 0 Å². The number of carbonyl (C=O) groups is 2. The lowest BCUT2D eigenvalue weighted by molar-refractivity contribution is -0.116. The van der Waals surface area contributed by atoms with Gasteiger partial charge in [-0.3, -0.25) is 9.59 Å². The van der Waals surface area contributed by atoms with Crippen molar-refractivity contribution in [2.24, 2.45) is 0 Å². The fraction of sp³-hybridized carbons (Fsp3) is 0.286. The fourth-order valence-corrected chi connectivity index (χ4v) is 1.86. The summed E-state index contributed by atoms with van der Waals surface area (Å²) in [5.74, 6) is 0.186. The Bertz CT molecular complexity index is 611. The number of amides is 1. The van der Waals surface area contributed by atoms with Crippen LogP contribution in [0.5, 0.6) is 0 Å². The number of ketones is 1. The highest BCUT2D eigenvalue weighted by Crippen LogP contribution is 2.24. The van der Waals surface area contributed by atoms with Crippen molar-refractivity contribution in [2.75, 3.05) is 14.1 Å². The van der Waals surface area contributed by atoms with E-state index in [-0.39, 0.29) is 11.7 Å². The van der Waals surface area contributed by atoms with Crippen LogP contribution in [0.3, 0.4) is 0 Å². The van der Waals surface area contributed by atoms with Crippen molar-refractivity contribution in [3.05, 3.63) is 35.6 Å². The van der Waals surface area contributed by atoms with Gasteiger partial charge in [-0.15, -0.1) is 0 Å². The maximum Gasteiger partial charge on any atom is 0.289 e. The quantitative estimate of drug-likeness (QED) is 0.833. The van der Waals surface area contributed by atoms with E-state index in [9.17, 15) is 9.59 Å². The summed E-state index contributed by atoms with van der Waals surface area (Å²) in [6.07, 6.45) is 0.320. The van der Waals surface area contributed by atoms with Gasteiger partial charge in [-0.1, -0.05) is 18.2 Å². The molecule has 0 fully saturated rings. The van der Waals surface area contributed by atoms with E-state index in [1.165, 1.54) is 11.8 Å². The van der Waals surface area contributed by atoms with E-state index in [0.717, 1.165) is 10.9 Å². The van der Waals surface area contributed by atoms with Crippen LogP contribution in [0, 0.1) is 0 Å². The van der Waals surface area contributed by atoms with Crippen LogP contribution < -0.4 is 0 Å². The van der Waals surface area contributed by atoms with Crippen LogP contribution in [0.1, 0.15) is 23.0 Å². The Kier molecular flexibility index (Phi) is 3.19. The summed E-state index contributed by atoms with van der Waals surface area (Å²) in [5.41, 5.74) is 1.44. The average molecular weight is 245 g/mol. The molecule has 0 bridgehead atoms. The van der Waals surface area contributed by atoms with Crippen LogP contribution in [-0.4, -0.2) is 30.7 Å². The molecule has 0 saturated heterocycles. The molecule has 1 aromatic carbocycles. The van der Waals surface area contributed by atoms with Crippen LogP contribution in [0.25, 0.3) is 11.0 Å². The second-order valence-electron chi connectivity index (χ2n) is 4.52. The van der Waals surface area contributed by atoms with Gasteiger partial charge in [0, 0.05) is 31.5 Å². The molecule has 2 rings (SSSR count). The summed E-state index contributed by atoms with van der Waals surface area (Å²) in [4.78, 5) is 24.5. The topological polar surface area (TPSA) is 50.5 Å². The van der Waals surface area contributed by atoms with Gasteiger partial charge < -0.3 is 9.32 Å². The van der Waals surface area contributed by atoms with Crippen molar-refractivity contribution in [2.45, 2.75) is 13.3 Å². The van der Waals surface area contributed by atoms with Crippen molar-refractivity contribution >= 4 is 22.7 Å². The molecule has 1 amide bonds. The van der Waals surface area contributed by atoms with Crippen LogP contribution in [0.4, 0.5) is 0 Å². The van der Waals surface area contributed by atoms with Crippen LogP contribution in [-0.2, 0) is 11.2 Å². The number of benzene rings is 1. The second-order valence-corrected chi connectivity index (χ2v) is 4.52. The van der Waals surface area contributed by atoms with E-state index in [2.05, 4.69) is 0 Å². The lowest BCUT2D eigenvalue weighted by atomic mass is 10.1. The molecule has 0 N–H and O–H groups in total. The normalized spacial score (nSPS) is 10.6. The Morgan fingerprint density at radius 3 is 2.61 bits per heavy atom. The number of furan rings is 1. The molecule has 2 aromatic rings. The van der Waals surface area contributed by atoms with Gasteiger partial charge in [0.15, 0.2) is 5.76 Å². The molecule has 0 spiro atoms. The third-order valence-electron chi connectivity index (χ3n) is 2.68. The summed E-state index contributed by atoms with van der Waals surface area (Å²) in [6.45, 7) is 1.54. The molecule has 0 atom stereocenters. The van der Waals surface area contributed by atoms with Crippen LogP contribution >= 0.6 is 0 Å². The van der Waals surface area contributed by atoms with Crippen molar-refractivity contribution in [3.8, 4) is 0 Å². The Balaban J connectivity index is 2.50. The minimum atomic E-state index is -0.181. The first kappa shape index (κ1) is 12.4. The van der Waals surface area contributed by atoms with Crippen molar-refractivity contribution in [3.63, 3.8) is 0 Å². The average Bonchev–Trinajstić information content (AvgIpc) is 2.72. The second kappa shape index (κ2) is 4.64. The SMILES string of the molecule is CC(=O)Cc1cccc2cc(C(=O)N(C)C)oc12. The number of hydrogen-bond acceptors (Lipinski definition) is 3. The lowest BCUT2D eigenvalue weighted by Crippen LogP contribution is -2.20. The maximum absolute atomic E-state index is 11.8. The maximum atomic E-state index is 11.8. The Labute approximate surface area is 105 Å². The number of fused-ring (bicyclic) bond motifs is 1. The highest BCUT2D eigenvalue weighted by atomic mass is 16.3. The Morgan fingerprint density at radius 2 is 2.00 bits per heavy atom. The summed E-state index contributed by atoms with van der Waals surface area (Å²) < 4.78 is 5.58. The minimum absolute atomic E-state index is 0.0689. The van der Waals surface area contributed by atoms with E-state index in [1.54, 1.807) is 20.2 Å². The molecule has 4 heteroatoms. The number of Topliss-reactive ketones (excluding diaryl/α,β-unsaturated/α-hetero) is 1. The number of rotatable bonds is 3. The van der Waals surface area contributed by atoms with E-state index in [1.807, 2.05) is 18.2 Å². The summed E-state index contributed by atoms with van der Waals surface area (Å²) in [6, 6.07) is 7.29. The Morgan fingerprint density at radius 1 is 1.28 bits per heavy atom. The third kappa shape index (κ3) is 2.27. The Hall–Kier alpha value is -2.10. The summed E-state index contributed by atoms with van der Waals surface area (Å²) in [7, 11) is 3.35. The molecule has 0 unspecified atom stereocenters. The number of para-hydroxylation sites is 1. The smallest absolute Gasteiger partial charge is 0.289 e. The van der Waals surface area contributed by atoms with E-state index < -0.39 is 0 Å². The standard InChI is InChI=1S/C14H15NO3/c1-9(16)7-10-5-4-6-11-8-12(18-13(10)11)14(17)15(2)3/h4-6,8H,7H2,1-3H3. The van der Waals surface area contributed by atoms with E-state index >= 15 is 0 Å². The van der Waals surface area contributed by atoms with Gasteiger partial charge in [0.25, 0.3) is 5.91 Å². The van der Waals surface area contributed by atoms with Crippen molar-refractivity contribution in [1.29, 1.82) is 0 Å². The molecule has 94 valence electrons. The predicted molar refractivity (Wildman–Crippen MR) is 68.6 cm³/mol. The van der Waals surface area contributed by atoms with Crippen LogP contribution in [0.2, 0.25) is 0 Å². The first-order valence-corrected chi connectivity index (χ1v) is 5.71. The van der Waals surface area contributed by atoms with Gasteiger partial charge >= 0.3 is 0 Å². The number of carbonyl (C=O) groups excluding carboxylic acids is 2. The molecule has 0 aliphatic rings. The van der Waals surface area contributed by atoms with Gasteiger partial charge in [0.2, 0.25) is 0 Å². The molecule has 1 heterocycles. The monoisotopic (exact) mass is 245 g/mol. The molecule has 18 heavy (non-hydrogen) atoms. The van der Waals surface area contributed by atoms with Crippen molar-refractivity contribution in [1.82, 2.24) is 4.90 Å². The van der Waals surface area contributed by atoms with Gasteiger partial charge in [0.05, 0.1) is 0 Å². The minimum Gasteiger partial charge on any atom is -0.451 e. The largest absolute Gasteiger partial charge is 0.451 e. The van der Waals surface area contributed by atoms with Crippen molar-refractivity contribution < 1.29 is 14.0 Å². The van der Waals surface area contributed by atoms with Gasteiger partial charge in [-0.05, 0) is 13.0 Å². The zero-order valence-electron chi connectivity index (χ0n) is 10.7. The van der Waals surface area contributed by atoms with E-state index in [4.69, 9.17) is 4.42 Å². The predicted octanol–water partition coefficient (Wildman–Crippen LogP) is 2.27. The molecule has 0 radical (unpaired) electrons. The zero-order valence-corrected chi connectivity index (χ0v) is 10.7. The third-order valence-corrected chi connectivity index (χ3v) is 2.68. The van der Waals surface area contributed by atoms with Crippen LogP contribution in [0.15, 0.2) is 28.7 Å². The molecule has 0 saturated carbocycles. The summed E-state index contributed by atoms with van der Waals surface area (Å²) >= 11 is 0. The van der Waals surface area contributed by atoms with E-state index in [0.29, 0.717) is 17.8 Å². The summed E-state index contributed by atoms with van der Waals surface area (Å²) in [5, 5.41) is 0.846. The zero-order chi connectivity index (χ0) is 13.3. The number of nitrogens with zero attached hydrogens (tertiary/aromatic N) is 1. The first-order chi connectivity index (χ1) is 8.49. The lowest BCUT2D eigenvalue weighted by Gasteiger charge is -2.06. The first-order valence-electron chi connectivity index (χ1n) is 5.71.